The van der Waals surface area contributed by atoms with E-state index < -0.39 is 5.79 Å². The molecule has 134 valence electrons. The summed E-state index contributed by atoms with van der Waals surface area (Å²) in [6.45, 7) is 17.2. The molecule has 0 bridgehead atoms. The molecule has 1 heterocycles. The molecular weight excluding hydrogens is 290 g/mol. The summed E-state index contributed by atoms with van der Waals surface area (Å²) in [4.78, 5) is 2.28. The first-order valence-corrected chi connectivity index (χ1v) is 8.68. The molecule has 1 N–H and O–H groups in total. The van der Waals surface area contributed by atoms with Crippen molar-refractivity contribution in [2.75, 3.05) is 32.9 Å². The average Bonchev–Trinajstić information content (AvgIpc) is 3.01. The molecule has 0 aliphatic carbocycles. The van der Waals surface area contributed by atoms with E-state index in [9.17, 15) is 0 Å². The van der Waals surface area contributed by atoms with Crippen molar-refractivity contribution in [2.45, 2.75) is 53.2 Å². The van der Waals surface area contributed by atoms with Crippen molar-refractivity contribution in [2.24, 2.45) is 0 Å². The van der Waals surface area contributed by atoms with Crippen LogP contribution in [-0.4, -0.2) is 48.7 Å². The predicted molar refractivity (Wildman–Crippen MR) is 97.3 cm³/mol. The number of nitrogens with zero attached hydrogens (tertiary/aromatic N) is 1. The van der Waals surface area contributed by atoms with Gasteiger partial charge in [0.1, 0.15) is 0 Å². The second-order valence-electron chi connectivity index (χ2n) is 5.53. The van der Waals surface area contributed by atoms with Gasteiger partial charge in [-0.25, -0.2) is 0 Å². The molecule has 0 spiro atoms. The maximum Gasteiger partial charge on any atom is 0.167 e. The van der Waals surface area contributed by atoms with Crippen molar-refractivity contribution in [3.8, 4) is 0 Å². The van der Waals surface area contributed by atoms with Gasteiger partial charge in [-0.05, 0) is 38.0 Å². The largest absolute Gasteiger partial charge is 0.392 e. The van der Waals surface area contributed by atoms with Crippen LogP contribution in [-0.2, 0) is 9.47 Å². The van der Waals surface area contributed by atoms with Gasteiger partial charge < -0.3 is 19.5 Å². The minimum atomic E-state index is -0.463. The number of aliphatic hydroxyl groups excluding tert-OH is 1. The Bertz CT molecular complexity index is 382. The van der Waals surface area contributed by atoms with E-state index in [0.717, 1.165) is 37.2 Å². The lowest BCUT2D eigenvalue weighted by Crippen LogP contribution is -2.33. The monoisotopic (exact) mass is 325 g/mol. The summed E-state index contributed by atoms with van der Waals surface area (Å²) in [5, 5.41) is 9.07. The molecule has 4 nitrogen and oxygen atoms in total. The zero-order chi connectivity index (χ0) is 17.7. The Labute approximate surface area is 142 Å². The molecule has 1 aliphatic heterocycles. The van der Waals surface area contributed by atoms with Crippen LogP contribution in [0, 0.1) is 0 Å². The van der Waals surface area contributed by atoms with Gasteiger partial charge in [-0.15, -0.1) is 0 Å². The molecule has 0 amide bonds. The number of allylic oxidation sites excluding steroid dienone is 3. The molecule has 1 saturated heterocycles. The molecule has 1 fully saturated rings. The van der Waals surface area contributed by atoms with Gasteiger partial charge in [0.2, 0.25) is 0 Å². The van der Waals surface area contributed by atoms with Gasteiger partial charge in [0.25, 0.3) is 0 Å². The van der Waals surface area contributed by atoms with Crippen LogP contribution in [0.2, 0.25) is 0 Å². The van der Waals surface area contributed by atoms with Crippen molar-refractivity contribution < 1.29 is 14.6 Å². The Morgan fingerprint density at radius 3 is 2.30 bits per heavy atom. The summed E-state index contributed by atoms with van der Waals surface area (Å²) in [7, 11) is 0. The minimum absolute atomic E-state index is 0.0778. The Hall–Kier alpha value is -1.10. The molecule has 0 radical (unpaired) electrons. The third-order valence-corrected chi connectivity index (χ3v) is 3.59. The third-order valence-electron chi connectivity index (χ3n) is 3.59. The lowest BCUT2D eigenvalue weighted by Gasteiger charge is -2.30. The Morgan fingerprint density at radius 1 is 1.22 bits per heavy atom. The van der Waals surface area contributed by atoms with Gasteiger partial charge in [0, 0.05) is 25.2 Å². The number of hydrogen-bond acceptors (Lipinski definition) is 4. The van der Waals surface area contributed by atoms with Crippen molar-refractivity contribution >= 4 is 0 Å². The van der Waals surface area contributed by atoms with Gasteiger partial charge in [-0.2, -0.15) is 0 Å². The summed E-state index contributed by atoms with van der Waals surface area (Å²) in [6, 6.07) is 0. The average molecular weight is 325 g/mol. The maximum absolute atomic E-state index is 9.07. The van der Waals surface area contributed by atoms with E-state index >= 15 is 0 Å². The number of hydrogen-bond donors (Lipinski definition) is 1. The highest BCUT2D eigenvalue weighted by molar-refractivity contribution is 5.23. The van der Waals surface area contributed by atoms with E-state index in [-0.39, 0.29) is 6.61 Å². The topological polar surface area (TPSA) is 41.9 Å². The van der Waals surface area contributed by atoms with Crippen molar-refractivity contribution in [3.05, 3.63) is 36.1 Å². The second kappa shape index (κ2) is 12.3. The fourth-order valence-corrected chi connectivity index (χ4v) is 2.26. The summed E-state index contributed by atoms with van der Waals surface area (Å²) in [6.07, 6.45) is 7.68. The van der Waals surface area contributed by atoms with E-state index in [2.05, 4.69) is 18.4 Å². The normalized spacial score (nSPS) is 17.5. The van der Waals surface area contributed by atoms with Gasteiger partial charge in [-0.1, -0.05) is 33.4 Å². The highest BCUT2D eigenvalue weighted by Gasteiger charge is 2.31. The van der Waals surface area contributed by atoms with Crippen LogP contribution in [0.5, 0.6) is 0 Å². The van der Waals surface area contributed by atoms with Gasteiger partial charge in [-0.3, -0.25) is 0 Å². The van der Waals surface area contributed by atoms with Crippen LogP contribution in [0.25, 0.3) is 0 Å². The first-order chi connectivity index (χ1) is 11.0. The molecule has 0 unspecified atom stereocenters. The van der Waals surface area contributed by atoms with E-state index in [1.54, 1.807) is 0 Å². The molecule has 1 aliphatic rings. The third kappa shape index (κ3) is 8.35. The summed E-state index contributed by atoms with van der Waals surface area (Å²) >= 11 is 0. The molecule has 0 saturated carbocycles. The van der Waals surface area contributed by atoms with Crippen LogP contribution in [0.3, 0.4) is 0 Å². The molecule has 1 rings (SSSR count). The molecule has 0 aromatic heterocycles. The highest BCUT2D eigenvalue weighted by Crippen LogP contribution is 2.23. The van der Waals surface area contributed by atoms with Gasteiger partial charge in [0.05, 0.1) is 19.8 Å². The van der Waals surface area contributed by atoms with Crippen LogP contribution < -0.4 is 0 Å². The zero-order valence-electron chi connectivity index (χ0n) is 15.6. The van der Waals surface area contributed by atoms with Gasteiger partial charge >= 0.3 is 0 Å². The maximum atomic E-state index is 9.07. The number of rotatable bonds is 9. The highest BCUT2D eigenvalue weighted by atomic mass is 16.7. The minimum Gasteiger partial charge on any atom is -0.392 e. The van der Waals surface area contributed by atoms with E-state index in [0.29, 0.717) is 13.2 Å². The van der Waals surface area contributed by atoms with Crippen LogP contribution >= 0.6 is 0 Å². The summed E-state index contributed by atoms with van der Waals surface area (Å²) in [5.74, 6) is -0.463. The van der Waals surface area contributed by atoms with Crippen LogP contribution in [0.1, 0.15) is 47.5 Å². The second-order valence-corrected chi connectivity index (χ2v) is 5.53. The predicted octanol–water partition coefficient (Wildman–Crippen LogP) is 3.89. The smallest absolute Gasteiger partial charge is 0.167 e. The molecule has 23 heavy (non-hydrogen) atoms. The van der Waals surface area contributed by atoms with E-state index in [1.807, 2.05) is 45.9 Å². The molecular formula is C19H35NO3. The first-order valence-electron chi connectivity index (χ1n) is 8.68. The van der Waals surface area contributed by atoms with E-state index in [1.165, 1.54) is 0 Å². The molecule has 0 atom stereocenters. The molecule has 0 aromatic carbocycles. The fourth-order valence-electron chi connectivity index (χ4n) is 2.26. The first kappa shape index (κ1) is 21.9. The quantitative estimate of drug-likeness (QED) is 0.653. The van der Waals surface area contributed by atoms with Crippen LogP contribution in [0.4, 0.5) is 0 Å². The van der Waals surface area contributed by atoms with Crippen LogP contribution in [0.15, 0.2) is 36.1 Å². The molecule has 4 heteroatoms. The Balaban J connectivity index is 0.00000232. The number of aliphatic hydroxyl groups is 1. The lowest BCUT2D eigenvalue weighted by molar-refractivity contribution is -0.148. The van der Waals surface area contributed by atoms with Gasteiger partial charge in [0.15, 0.2) is 5.79 Å². The van der Waals surface area contributed by atoms with E-state index in [4.69, 9.17) is 14.6 Å². The van der Waals surface area contributed by atoms with Crippen molar-refractivity contribution in [3.63, 3.8) is 0 Å². The standard InChI is InChI=1S/C17H29NO3.C2H6/c1-5-10-18(11-9-17(4)20-12-13-21-17)16(6-2)8-7-15(3)14-19;1-2/h6-8,19H,2,5,9-14H2,1,3-4H3;1-2H3/b15-7+,16-8+;. The fraction of sp³-hybridized carbons (Fsp3) is 0.684. The zero-order valence-corrected chi connectivity index (χ0v) is 15.6. The Kier molecular flexibility index (Phi) is 11.7. The Morgan fingerprint density at radius 2 is 1.83 bits per heavy atom. The van der Waals surface area contributed by atoms with Crippen molar-refractivity contribution in [1.82, 2.24) is 4.90 Å². The van der Waals surface area contributed by atoms with Crippen molar-refractivity contribution in [1.29, 1.82) is 0 Å². The molecule has 0 aromatic rings. The summed E-state index contributed by atoms with van der Waals surface area (Å²) in [5.41, 5.74) is 1.99. The SMILES string of the molecule is C=C/C(=C\C=C(/C)CO)N(CCC)CCC1(C)OCCO1.CC. The lowest BCUT2D eigenvalue weighted by atomic mass is 10.2. The summed E-state index contributed by atoms with van der Waals surface area (Å²) < 4.78 is 11.3. The number of ether oxygens (including phenoxy) is 2.